The minimum atomic E-state index is 1.02. The van der Waals surface area contributed by atoms with Crippen LogP contribution in [0.5, 0.6) is 0 Å². The minimum Gasteiger partial charge on any atom is -0.310 e. The quantitative estimate of drug-likeness (QED) is 0.108. The highest BCUT2D eigenvalue weighted by Crippen LogP contribution is 2.45. The Labute approximate surface area is 508 Å². The van der Waals surface area contributed by atoms with E-state index in [9.17, 15) is 0 Å². The third-order valence-electron chi connectivity index (χ3n) is 16.8. The molecule has 3 heteroatoms. The first-order valence-corrected chi connectivity index (χ1v) is 29.8. The van der Waals surface area contributed by atoms with Gasteiger partial charge in [0.1, 0.15) is 0 Å². The molecular weight excluding hydrogens is 1050 g/mol. The second-order valence-corrected chi connectivity index (χ2v) is 22.1. The first-order chi connectivity index (χ1) is 43.1. The standard InChI is InChI=1S/C84H59N3/c1-6-18-60(19-7-1)65-34-45-74(46-35-65)85(75-47-36-66(37-48-75)61-20-8-2-9-21-61)79-56-73(57-80(59-79)86(76-49-38-67(39-50-76)62-22-10-3-11-23-62)77-51-40-68(41-52-77)63-24-12-4-13-25-63)71-32-30-70(31-33-71)72-44-55-84-82(58-72)81-28-16-17-29-83(81)87(84)78-53-42-69(43-54-78)64-26-14-5-15-27-64/h1-59H. The topological polar surface area (TPSA) is 11.4 Å². The molecule has 0 atom stereocenters. The van der Waals surface area contributed by atoms with Crippen molar-refractivity contribution in [1.82, 2.24) is 4.57 Å². The highest BCUT2D eigenvalue weighted by molar-refractivity contribution is 6.10. The molecule has 0 aliphatic carbocycles. The van der Waals surface area contributed by atoms with Crippen LogP contribution in [-0.2, 0) is 0 Å². The van der Waals surface area contributed by atoms with Crippen LogP contribution in [0.4, 0.5) is 34.1 Å². The number of benzene rings is 14. The largest absolute Gasteiger partial charge is 0.310 e. The molecule has 0 amide bonds. The molecule has 0 aliphatic heterocycles. The molecular formula is C84H59N3. The molecule has 3 nitrogen and oxygen atoms in total. The van der Waals surface area contributed by atoms with Gasteiger partial charge in [0, 0.05) is 50.6 Å². The molecule has 15 aromatic rings. The Kier molecular flexibility index (Phi) is 14.0. The molecule has 14 aromatic carbocycles. The zero-order chi connectivity index (χ0) is 57.9. The van der Waals surface area contributed by atoms with Crippen molar-refractivity contribution >= 4 is 55.9 Å². The molecule has 0 aliphatic rings. The van der Waals surface area contributed by atoms with Gasteiger partial charge in [-0.25, -0.2) is 0 Å². The van der Waals surface area contributed by atoms with Crippen LogP contribution in [0.25, 0.3) is 105 Å². The number of aromatic nitrogens is 1. The molecule has 410 valence electrons. The third-order valence-corrected chi connectivity index (χ3v) is 16.8. The van der Waals surface area contributed by atoms with Crippen LogP contribution < -0.4 is 9.80 Å². The lowest BCUT2D eigenvalue weighted by molar-refractivity contribution is 1.18. The van der Waals surface area contributed by atoms with Crippen LogP contribution in [0, 0.1) is 0 Å². The molecule has 0 saturated carbocycles. The number of rotatable bonds is 14. The number of nitrogens with zero attached hydrogens (tertiary/aromatic N) is 3. The lowest BCUT2D eigenvalue weighted by Crippen LogP contribution is -2.13. The molecule has 0 radical (unpaired) electrons. The van der Waals surface area contributed by atoms with Gasteiger partial charge in [0.05, 0.1) is 11.0 Å². The zero-order valence-electron chi connectivity index (χ0n) is 47.9. The summed E-state index contributed by atoms with van der Waals surface area (Å²) in [5.41, 5.74) is 26.0. The number of hydrogen-bond acceptors (Lipinski definition) is 2. The van der Waals surface area contributed by atoms with E-state index < -0.39 is 0 Å². The molecule has 1 aromatic heterocycles. The van der Waals surface area contributed by atoms with E-state index in [1.807, 2.05) is 0 Å². The predicted molar refractivity (Wildman–Crippen MR) is 368 cm³/mol. The highest BCUT2D eigenvalue weighted by Gasteiger charge is 2.22. The Balaban J connectivity index is 0.876. The van der Waals surface area contributed by atoms with E-state index >= 15 is 0 Å². The maximum Gasteiger partial charge on any atom is 0.0541 e. The van der Waals surface area contributed by atoms with E-state index in [0.29, 0.717) is 0 Å². The fourth-order valence-electron chi connectivity index (χ4n) is 12.4. The summed E-state index contributed by atoms with van der Waals surface area (Å²) < 4.78 is 2.40. The van der Waals surface area contributed by atoms with E-state index in [4.69, 9.17) is 0 Å². The maximum atomic E-state index is 2.41. The van der Waals surface area contributed by atoms with Crippen LogP contribution in [0.3, 0.4) is 0 Å². The molecule has 87 heavy (non-hydrogen) atoms. The van der Waals surface area contributed by atoms with Crippen molar-refractivity contribution in [2.45, 2.75) is 0 Å². The van der Waals surface area contributed by atoms with Gasteiger partial charge in [0.2, 0.25) is 0 Å². The van der Waals surface area contributed by atoms with Gasteiger partial charge >= 0.3 is 0 Å². The van der Waals surface area contributed by atoms with E-state index in [2.05, 4.69) is 372 Å². The molecule has 1 heterocycles. The Morgan fingerprint density at radius 1 is 0.161 bits per heavy atom. The summed E-state index contributed by atoms with van der Waals surface area (Å²) in [5.74, 6) is 0. The van der Waals surface area contributed by atoms with Crippen LogP contribution in [0.2, 0.25) is 0 Å². The van der Waals surface area contributed by atoms with Gasteiger partial charge in [0.15, 0.2) is 0 Å². The van der Waals surface area contributed by atoms with Crippen molar-refractivity contribution in [3.63, 3.8) is 0 Å². The summed E-state index contributed by atoms with van der Waals surface area (Å²) in [6, 6.07) is 130. The molecule has 0 saturated heterocycles. The normalized spacial score (nSPS) is 11.2. The van der Waals surface area contributed by atoms with E-state index in [1.165, 1.54) is 60.8 Å². The Bertz CT molecular complexity index is 4460. The Morgan fingerprint density at radius 3 is 0.793 bits per heavy atom. The Hall–Kier alpha value is -11.5. The van der Waals surface area contributed by atoms with Gasteiger partial charge < -0.3 is 14.4 Å². The number of anilines is 6. The minimum absolute atomic E-state index is 1.02. The average molecular weight is 1110 g/mol. The monoisotopic (exact) mass is 1110 g/mol. The number of fused-ring (bicyclic) bond motifs is 3. The van der Waals surface area contributed by atoms with Crippen molar-refractivity contribution in [1.29, 1.82) is 0 Å². The third kappa shape index (κ3) is 10.6. The lowest BCUT2D eigenvalue weighted by Gasteiger charge is -2.31. The first kappa shape index (κ1) is 52.3. The first-order valence-electron chi connectivity index (χ1n) is 29.8. The van der Waals surface area contributed by atoms with E-state index in [1.54, 1.807) is 0 Å². The summed E-state index contributed by atoms with van der Waals surface area (Å²) in [6.07, 6.45) is 0. The van der Waals surface area contributed by atoms with Crippen LogP contribution in [-0.4, -0.2) is 4.57 Å². The van der Waals surface area contributed by atoms with Crippen LogP contribution >= 0.6 is 0 Å². The predicted octanol–water partition coefficient (Wildman–Crippen LogP) is 23.4. The van der Waals surface area contributed by atoms with Gasteiger partial charge in [-0.1, -0.05) is 261 Å². The second kappa shape index (κ2) is 23.3. The summed E-state index contributed by atoms with van der Waals surface area (Å²) >= 11 is 0. The molecule has 0 N–H and O–H groups in total. The van der Waals surface area contributed by atoms with E-state index in [0.717, 1.165) is 78.8 Å². The molecule has 0 bridgehead atoms. The second-order valence-electron chi connectivity index (χ2n) is 22.1. The lowest BCUT2D eigenvalue weighted by atomic mass is 9.97. The summed E-state index contributed by atoms with van der Waals surface area (Å²) in [5, 5.41) is 2.45. The van der Waals surface area contributed by atoms with Gasteiger partial charge in [-0.3, -0.25) is 0 Å². The highest BCUT2D eigenvalue weighted by atomic mass is 15.2. The van der Waals surface area contributed by atoms with Crippen molar-refractivity contribution in [2.75, 3.05) is 9.80 Å². The van der Waals surface area contributed by atoms with Crippen molar-refractivity contribution in [2.24, 2.45) is 0 Å². The van der Waals surface area contributed by atoms with Gasteiger partial charge in [-0.05, 0) is 175 Å². The fraction of sp³-hybridized carbons (Fsp3) is 0. The smallest absolute Gasteiger partial charge is 0.0541 e. The van der Waals surface area contributed by atoms with E-state index in [-0.39, 0.29) is 0 Å². The molecule has 0 unspecified atom stereocenters. The molecule has 0 fully saturated rings. The van der Waals surface area contributed by atoms with Gasteiger partial charge in [-0.15, -0.1) is 0 Å². The average Bonchev–Trinajstić information content (AvgIpc) is 2.56. The van der Waals surface area contributed by atoms with Crippen molar-refractivity contribution in [3.05, 3.63) is 358 Å². The van der Waals surface area contributed by atoms with Crippen LogP contribution in [0.1, 0.15) is 0 Å². The number of para-hydroxylation sites is 1. The van der Waals surface area contributed by atoms with Gasteiger partial charge in [-0.2, -0.15) is 0 Å². The maximum absolute atomic E-state index is 2.41. The van der Waals surface area contributed by atoms with Gasteiger partial charge in [0.25, 0.3) is 0 Å². The summed E-state index contributed by atoms with van der Waals surface area (Å²) in [6.45, 7) is 0. The van der Waals surface area contributed by atoms with Crippen molar-refractivity contribution < 1.29 is 0 Å². The molecule has 0 spiro atoms. The number of hydrogen-bond donors (Lipinski definition) is 0. The van der Waals surface area contributed by atoms with Crippen LogP contribution in [0.15, 0.2) is 358 Å². The summed E-state index contributed by atoms with van der Waals surface area (Å²) in [4.78, 5) is 4.81. The fourth-order valence-corrected chi connectivity index (χ4v) is 12.4. The Morgan fingerprint density at radius 2 is 0.425 bits per heavy atom. The zero-order valence-corrected chi connectivity index (χ0v) is 47.9. The SMILES string of the molecule is c1ccc(-c2ccc(N(c3ccc(-c4ccccc4)cc3)c3cc(-c4ccc(-c5ccc6c(c5)c5ccccc5n6-c5ccc(-c6ccccc6)cc5)cc4)cc(N(c4ccc(-c5ccccc5)cc4)c4ccc(-c5ccccc5)cc4)c3)cc2)cc1. The molecule has 15 rings (SSSR count). The summed E-state index contributed by atoms with van der Waals surface area (Å²) in [7, 11) is 0. The van der Waals surface area contributed by atoms with Crippen molar-refractivity contribution in [3.8, 4) is 83.6 Å².